The maximum absolute atomic E-state index is 14.1. The average Bonchev–Trinajstić information content (AvgIpc) is 3.82. The number of aliphatic carboxylic acids is 1. The quantitative estimate of drug-likeness (QED) is 0.0413. The molecule has 1 aromatic heterocycles. The van der Waals surface area contributed by atoms with Gasteiger partial charge in [-0.1, -0.05) is 32.9 Å². The third-order valence-electron chi connectivity index (χ3n) is 11.4. The maximum Gasteiger partial charge on any atom is 0.333 e. The number of ether oxygens (including phenoxy) is 4. The number of phenols is 1. The van der Waals surface area contributed by atoms with Crippen molar-refractivity contribution in [2.45, 2.75) is 39.8 Å². The zero-order chi connectivity index (χ0) is 49.5. The first-order chi connectivity index (χ1) is 33.1. The van der Waals surface area contributed by atoms with Gasteiger partial charge in [0.2, 0.25) is 11.8 Å². The highest BCUT2D eigenvalue weighted by Gasteiger charge is 2.38. The van der Waals surface area contributed by atoms with Gasteiger partial charge in [-0.15, -0.1) is 0 Å². The van der Waals surface area contributed by atoms with Gasteiger partial charge in [-0.05, 0) is 66.4 Å². The number of carbonyl (C=O) groups excluding carboxylic acids is 5. The Balaban J connectivity index is 0.888. The molecule has 5 amide bonds. The Labute approximate surface area is 399 Å². The number of carbonyl (C=O) groups is 6. The number of rotatable bonds is 24. The molecule has 21 nitrogen and oxygen atoms in total. The van der Waals surface area contributed by atoms with Crippen molar-refractivity contribution in [3.8, 4) is 28.3 Å². The Bertz CT molecular complexity index is 2430. The monoisotopic (exact) mass is 955 g/mol. The van der Waals surface area contributed by atoms with Crippen LogP contribution in [-0.4, -0.2) is 153 Å². The minimum atomic E-state index is -1.29. The number of amides is 5. The fraction of sp³-hybridized carbons (Fsp3) is 0.438. The standard InChI is InChI=1S/C48H61N9O12/c1-48(2,3)35(28-37(46(63)64)52-44(61)31-8-12-32(49-4)13-9-31)45(62)51-17-21-67-25-27-69-26-24-66-20-16-50-38(59)29-57-42(30-10-14-33(58)15-11-30)40-41(54-57)34-6-5-7-36(39(34)43(40)60)53-47(65)55-56-18-22-68-23-19-56/h5-15,35,37,49,58H,16-29H2,1-4H3,(H,50,59)(H,51,62)(H,52,61)(H,63,64)(H2,53,55,65)/t35?,37-/m0/s1. The Morgan fingerprint density at radius 2 is 1.46 bits per heavy atom. The molecule has 8 N–H and O–H groups in total. The van der Waals surface area contributed by atoms with E-state index in [1.165, 1.54) is 16.8 Å². The van der Waals surface area contributed by atoms with E-state index in [-0.39, 0.29) is 100 Å². The zero-order valence-corrected chi connectivity index (χ0v) is 39.2. The summed E-state index contributed by atoms with van der Waals surface area (Å²) in [5.74, 6) is -3.58. The van der Waals surface area contributed by atoms with Gasteiger partial charge in [0.1, 0.15) is 24.0 Å². The van der Waals surface area contributed by atoms with Crippen molar-refractivity contribution in [1.29, 1.82) is 0 Å². The molecule has 0 saturated carbocycles. The highest BCUT2D eigenvalue weighted by atomic mass is 16.5. The normalized spacial score (nSPS) is 14.2. The molecular formula is C48H61N9O12. The van der Waals surface area contributed by atoms with Gasteiger partial charge in [0.05, 0.1) is 75.4 Å². The second kappa shape index (κ2) is 24.4. The molecule has 2 aliphatic rings. The number of nitrogens with zero attached hydrogens (tertiary/aromatic N) is 3. The SMILES string of the molecule is CNc1ccc(C(=O)N[C@@H](CC(C(=O)NCCOCCOCCOCCNC(=O)Cn2nc3c(c2-c2ccc(O)cc2)C(=O)c2c(NC(=O)NN4CCOCC4)cccc2-3)C(C)(C)C)C(=O)O)cc1. The molecule has 6 rings (SSSR count). The number of hydrogen-bond donors (Lipinski definition) is 8. The number of fused-ring (bicyclic) bond motifs is 3. The van der Waals surface area contributed by atoms with Gasteiger partial charge in [-0.2, -0.15) is 5.10 Å². The van der Waals surface area contributed by atoms with Gasteiger partial charge >= 0.3 is 12.0 Å². The molecule has 0 radical (unpaired) electrons. The number of aromatic nitrogens is 2. The predicted molar refractivity (Wildman–Crippen MR) is 254 cm³/mol. The van der Waals surface area contributed by atoms with Crippen molar-refractivity contribution < 1.29 is 57.9 Å². The Hall–Kier alpha value is -6.91. The van der Waals surface area contributed by atoms with Crippen LogP contribution in [0.25, 0.3) is 22.5 Å². The highest BCUT2D eigenvalue weighted by Crippen LogP contribution is 2.44. The number of ketones is 1. The highest BCUT2D eigenvalue weighted by molar-refractivity contribution is 6.27. The molecule has 1 saturated heterocycles. The van der Waals surface area contributed by atoms with Crippen LogP contribution >= 0.6 is 0 Å². The summed E-state index contributed by atoms with van der Waals surface area (Å²) in [4.78, 5) is 78.4. The number of morpholine rings is 1. The first kappa shape index (κ1) is 51.5. The van der Waals surface area contributed by atoms with Crippen LogP contribution in [0.15, 0.2) is 66.7 Å². The van der Waals surface area contributed by atoms with E-state index in [9.17, 15) is 39.0 Å². The van der Waals surface area contributed by atoms with Crippen molar-refractivity contribution in [3.05, 3.63) is 83.4 Å². The number of anilines is 2. The van der Waals surface area contributed by atoms with Crippen molar-refractivity contribution >= 4 is 46.9 Å². The van der Waals surface area contributed by atoms with E-state index >= 15 is 0 Å². The maximum atomic E-state index is 14.1. The number of nitrogens with one attached hydrogen (secondary N) is 6. The van der Waals surface area contributed by atoms with E-state index in [0.717, 1.165) is 5.69 Å². The second-order valence-electron chi connectivity index (χ2n) is 17.3. The van der Waals surface area contributed by atoms with Gasteiger partial charge in [0.25, 0.3) is 5.91 Å². The Morgan fingerprint density at radius 3 is 2.09 bits per heavy atom. The second-order valence-corrected chi connectivity index (χ2v) is 17.3. The van der Waals surface area contributed by atoms with Gasteiger partial charge in [0.15, 0.2) is 5.78 Å². The summed E-state index contributed by atoms with van der Waals surface area (Å²) in [6, 6.07) is 16.1. The molecule has 4 aromatic rings. The fourth-order valence-electron chi connectivity index (χ4n) is 7.79. The van der Waals surface area contributed by atoms with E-state index in [4.69, 9.17) is 24.0 Å². The number of carboxylic acid groups (broad SMARTS) is 1. The number of aromatic hydroxyl groups is 1. The van der Waals surface area contributed by atoms with Crippen LogP contribution in [0.3, 0.4) is 0 Å². The molecule has 2 heterocycles. The predicted octanol–water partition coefficient (Wildman–Crippen LogP) is 3.10. The van der Waals surface area contributed by atoms with E-state index in [1.54, 1.807) is 66.7 Å². The molecule has 0 bridgehead atoms. The summed E-state index contributed by atoms with van der Waals surface area (Å²) in [6.45, 7) is 9.14. The fourth-order valence-corrected chi connectivity index (χ4v) is 7.79. The largest absolute Gasteiger partial charge is 0.508 e. The molecular weight excluding hydrogens is 895 g/mol. The topological polar surface area (TPSA) is 273 Å². The van der Waals surface area contributed by atoms with E-state index in [2.05, 4.69) is 32.0 Å². The zero-order valence-electron chi connectivity index (χ0n) is 39.2. The van der Waals surface area contributed by atoms with Gasteiger partial charge in [0, 0.05) is 61.5 Å². The van der Waals surface area contributed by atoms with Crippen LogP contribution in [-0.2, 0) is 39.9 Å². The number of urea groups is 1. The van der Waals surface area contributed by atoms with Crippen LogP contribution in [0.5, 0.6) is 5.75 Å². The average molecular weight is 956 g/mol. The van der Waals surface area contributed by atoms with Crippen molar-refractivity contribution in [3.63, 3.8) is 0 Å². The van der Waals surface area contributed by atoms with Crippen LogP contribution in [0.4, 0.5) is 16.2 Å². The molecule has 370 valence electrons. The van der Waals surface area contributed by atoms with Crippen LogP contribution < -0.4 is 32.0 Å². The minimum Gasteiger partial charge on any atom is -0.508 e. The number of hydrazine groups is 1. The van der Waals surface area contributed by atoms with Crippen molar-refractivity contribution in [1.82, 2.24) is 36.2 Å². The van der Waals surface area contributed by atoms with Gasteiger partial charge in [-0.3, -0.25) is 29.3 Å². The lowest BCUT2D eigenvalue weighted by Gasteiger charge is -2.31. The smallest absolute Gasteiger partial charge is 0.333 e. The molecule has 1 aliphatic carbocycles. The molecule has 1 fully saturated rings. The van der Waals surface area contributed by atoms with E-state index in [0.29, 0.717) is 60.1 Å². The lowest BCUT2D eigenvalue weighted by Crippen LogP contribution is -2.49. The van der Waals surface area contributed by atoms with Crippen molar-refractivity contribution in [2.75, 3.05) is 96.7 Å². The minimum absolute atomic E-state index is 0.0273. The molecule has 21 heteroatoms. The number of carboxylic acids is 1. The van der Waals surface area contributed by atoms with Crippen LogP contribution in [0.2, 0.25) is 0 Å². The summed E-state index contributed by atoms with van der Waals surface area (Å²) >= 11 is 0. The van der Waals surface area contributed by atoms with Crippen LogP contribution in [0, 0.1) is 11.3 Å². The first-order valence-electron chi connectivity index (χ1n) is 22.7. The van der Waals surface area contributed by atoms with Crippen LogP contribution in [0.1, 0.15) is 53.5 Å². The van der Waals surface area contributed by atoms with Gasteiger partial charge < -0.3 is 55.7 Å². The summed E-state index contributed by atoms with van der Waals surface area (Å²) in [7, 11) is 1.75. The lowest BCUT2D eigenvalue weighted by molar-refractivity contribution is -0.140. The molecule has 1 unspecified atom stereocenters. The summed E-state index contributed by atoms with van der Waals surface area (Å²) < 4.78 is 23.6. The number of phenolic OH excluding ortho intramolecular Hbond substituents is 1. The summed E-state index contributed by atoms with van der Waals surface area (Å²) in [6.07, 6.45) is -0.107. The summed E-state index contributed by atoms with van der Waals surface area (Å²) in [5, 5.41) is 40.3. The number of hydrogen-bond acceptors (Lipinski definition) is 14. The molecule has 2 atom stereocenters. The van der Waals surface area contributed by atoms with Gasteiger partial charge in [-0.25, -0.2) is 14.6 Å². The summed E-state index contributed by atoms with van der Waals surface area (Å²) in [5.41, 5.74) is 5.98. The molecule has 1 aliphatic heterocycles. The molecule has 0 spiro atoms. The molecule has 3 aromatic carbocycles. The third kappa shape index (κ3) is 14.1. The lowest BCUT2D eigenvalue weighted by atomic mass is 9.76. The first-order valence-corrected chi connectivity index (χ1v) is 22.7. The number of benzene rings is 3. The Morgan fingerprint density at radius 1 is 0.826 bits per heavy atom. The Kier molecular flexibility index (Phi) is 18.2. The van der Waals surface area contributed by atoms with Crippen molar-refractivity contribution in [2.24, 2.45) is 11.3 Å². The molecule has 69 heavy (non-hydrogen) atoms. The third-order valence-corrected chi connectivity index (χ3v) is 11.4. The van der Waals surface area contributed by atoms with E-state index < -0.39 is 35.3 Å². The van der Waals surface area contributed by atoms with E-state index in [1.807, 2.05) is 20.8 Å².